The second-order valence-electron chi connectivity index (χ2n) is 7.80. The van der Waals surface area contributed by atoms with Crippen LogP contribution in [0.5, 0.6) is 23.1 Å². The molecule has 0 fully saturated rings. The summed E-state index contributed by atoms with van der Waals surface area (Å²) in [5.74, 6) is 2.26. The van der Waals surface area contributed by atoms with Crippen LogP contribution in [0.4, 0.5) is 0 Å². The lowest BCUT2D eigenvalue weighted by atomic mass is 10.0. The van der Waals surface area contributed by atoms with Gasteiger partial charge in [0, 0.05) is 17.8 Å². The topological polar surface area (TPSA) is 75.0 Å². The Kier molecular flexibility index (Phi) is 6.07. The molecule has 0 aliphatic heterocycles. The molecule has 4 rings (SSSR count). The van der Waals surface area contributed by atoms with Gasteiger partial charge in [0.05, 0.1) is 19.5 Å². The van der Waals surface area contributed by atoms with Gasteiger partial charge in [-0.25, -0.2) is 9.97 Å². The first-order valence-electron chi connectivity index (χ1n) is 10.4. The Morgan fingerprint density at radius 2 is 1.78 bits per heavy atom. The van der Waals surface area contributed by atoms with Crippen LogP contribution in [0.15, 0.2) is 65.8 Å². The van der Waals surface area contributed by atoms with Crippen LogP contribution < -0.4 is 19.8 Å². The van der Waals surface area contributed by atoms with E-state index >= 15 is 0 Å². The van der Waals surface area contributed by atoms with Gasteiger partial charge in [-0.15, -0.1) is 0 Å². The summed E-state index contributed by atoms with van der Waals surface area (Å²) in [6.45, 7) is 6.43. The number of rotatable bonds is 7. The van der Waals surface area contributed by atoms with Gasteiger partial charge in [-0.1, -0.05) is 38.1 Å². The molecule has 0 saturated heterocycles. The third kappa shape index (κ3) is 4.56. The molecule has 0 saturated carbocycles. The van der Waals surface area contributed by atoms with Gasteiger partial charge in [0.2, 0.25) is 0 Å². The van der Waals surface area contributed by atoms with Crippen LogP contribution in [0.25, 0.3) is 5.65 Å². The molecule has 4 aromatic rings. The second kappa shape index (κ2) is 9.09. The summed E-state index contributed by atoms with van der Waals surface area (Å²) >= 11 is 0. The lowest BCUT2D eigenvalue weighted by Crippen LogP contribution is -2.16. The highest BCUT2D eigenvalue weighted by Gasteiger charge is 2.11. The van der Waals surface area contributed by atoms with Crippen molar-refractivity contribution in [3.63, 3.8) is 0 Å². The minimum atomic E-state index is -0.138. The Bertz CT molecular complexity index is 1300. The zero-order chi connectivity index (χ0) is 22.7. The molecule has 0 spiro atoms. The largest absolute Gasteiger partial charge is 0.491 e. The highest BCUT2D eigenvalue weighted by molar-refractivity contribution is 5.44. The Balaban J connectivity index is 1.50. The summed E-state index contributed by atoms with van der Waals surface area (Å²) in [5.41, 5.74) is 3.30. The van der Waals surface area contributed by atoms with Crippen molar-refractivity contribution in [3.05, 3.63) is 88.1 Å². The van der Waals surface area contributed by atoms with Gasteiger partial charge in [0.25, 0.3) is 11.4 Å². The SMILES string of the molecule is COc1cc(Oc2ccc3ncc(C)c(=O)n3c2)cnc1OCc1ccc(C(C)C)cc1. The van der Waals surface area contributed by atoms with Crippen molar-refractivity contribution in [2.45, 2.75) is 33.3 Å². The fraction of sp³-hybridized carbons (Fsp3) is 0.240. The molecule has 32 heavy (non-hydrogen) atoms. The van der Waals surface area contributed by atoms with Gasteiger partial charge in [0.1, 0.15) is 23.8 Å². The summed E-state index contributed by atoms with van der Waals surface area (Å²) in [7, 11) is 1.55. The van der Waals surface area contributed by atoms with Gasteiger partial charge in [-0.05, 0) is 36.1 Å². The standard InChI is InChI=1S/C25H25N3O4/c1-16(2)19-7-5-18(6-8-19)15-31-24-22(30-4)11-21(13-27-24)32-20-9-10-23-26-12-17(3)25(29)28(23)14-20/h5-14,16H,15H2,1-4H3. The van der Waals surface area contributed by atoms with Crippen molar-refractivity contribution in [2.24, 2.45) is 0 Å². The van der Waals surface area contributed by atoms with Gasteiger partial charge >= 0.3 is 0 Å². The second-order valence-corrected chi connectivity index (χ2v) is 7.80. The number of methoxy groups -OCH3 is 1. The number of hydrogen-bond acceptors (Lipinski definition) is 6. The van der Waals surface area contributed by atoms with E-state index in [2.05, 4.69) is 48.1 Å². The van der Waals surface area contributed by atoms with Crippen molar-refractivity contribution in [1.29, 1.82) is 0 Å². The minimum Gasteiger partial charge on any atom is -0.491 e. The zero-order valence-corrected chi connectivity index (χ0v) is 18.5. The van der Waals surface area contributed by atoms with Crippen molar-refractivity contribution in [1.82, 2.24) is 14.4 Å². The smallest absolute Gasteiger partial charge is 0.260 e. The quantitative estimate of drug-likeness (QED) is 0.414. The maximum atomic E-state index is 12.3. The summed E-state index contributed by atoms with van der Waals surface area (Å²) in [6, 6.07) is 13.5. The lowest BCUT2D eigenvalue weighted by Gasteiger charge is -2.13. The third-order valence-corrected chi connectivity index (χ3v) is 5.12. The van der Waals surface area contributed by atoms with Crippen LogP contribution in [0.3, 0.4) is 0 Å². The van der Waals surface area contributed by atoms with Gasteiger partial charge in [-0.3, -0.25) is 9.20 Å². The Hall–Kier alpha value is -3.87. The maximum absolute atomic E-state index is 12.3. The molecule has 0 unspecified atom stereocenters. The molecule has 7 heteroatoms. The number of ether oxygens (including phenoxy) is 3. The highest BCUT2D eigenvalue weighted by Crippen LogP contribution is 2.31. The van der Waals surface area contributed by atoms with Crippen LogP contribution in [0.2, 0.25) is 0 Å². The van der Waals surface area contributed by atoms with E-state index in [4.69, 9.17) is 14.2 Å². The van der Waals surface area contributed by atoms with Crippen LogP contribution in [0.1, 0.15) is 36.5 Å². The van der Waals surface area contributed by atoms with E-state index in [1.807, 2.05) is 0 Å². The number of hydrogen-bond donors (Lipinski definition) is 0. The molecule has 0 bridgehead atoms. The van der Waals surface area contributed by atoms with Crippen molar-refractivity contribution in [2.75, 3.05) is 7.11 Å². The van der Waals surface area contributed by atoms with Gasteiger partial charge in [0.15, 0.2) is 5.75 Å². The third-order valence-electron chi connectivity index (χ3n) is 5.12. The number of aryl methyl sites for hydroxylation is 1. The summed E-state index contributed by atoms with van der Waals surface area (Å²) in [6.07, 6.45) is 4.72. The molecule has 0 amide bonds. The normalized spacial score (nSPS) is 11.0. The van der Waals surface area contributed by atoms with E-state index in [1.165, 1.54) is 9.96 Å². The number of pyridine rings is 2. The molecule has 0 N–H and O–H groups in total. The Morgan fingerprint density at radius 3 is 2.50 bits per heavy atom. The monoisotopic (exact) mass is 431 g/mol. The molecule has 0 aliphatic carbocycles. The molecule has 3 heterocycles. The zero-order valence-electron chi connectivity index (χ0n) is 18.5. The molecule has 3 aromatic heterocycles. The van der Waals surface area contributed by atoms with Crippen LogP contribution in [-0.4, -0.2) is 21.5 Å². The number of nitrogens with zero attached hydrogens (tertiary/aromatic N) is 3. The van der Waals surface area contributed by atoms with E-state index in [0.717, 1.165) is 5.56 Å². The van der Waals surface area contributed by atoms with Crippen molar-refractivity contribution in [3.8, 4) is 23.1 Å². The Labute approximate surface area is 186 Å². The van der Waals surface area contributed by atoms with E-state index in [1.54, 1.807) is 50.8 Å². The highest BCUT2D eigenvalue weighted by atomic mass is 16.5. The lowest BCUT2D eigenvalue weighted by molar-refractivity contribution is 0.271. The molecule has 1 aromatic carbocycles. The number of benzene rings is 1. The average molecular weight is 431 g/mol. The van der Waals surface area contributed by atoms with Gasteiger partial charge in [-0.2, -0.15) is 0 Å². The minimum absolute atomic E-state index is 0.138. The molecule has 0 radical (unpaired) electrons. The predicted octanol–water partition coefficient (Wildman–Crippen LogP) is 4.90. The Morgan fingerprint density at radius 1 is 1.00 bits per heavy atom. The number of fused-ring (bicyclic) bond motifs is 1. The molecule has 0 atom stereocenters. The van der Waals surface area contributed by atoms with Crippen LogP contribution in [-0.2, 0) is 6.61 Å². The van der Waals surface area contributed by atoms with E-state index < -0.39 is 0 Å². The molecular weight excluding hydrogens is 406 g/mol. The summed E-state index contributed by atoms with van der Waals surface area (Å²) in [5, 5.41) is 0. The van der Waals surface area contributed by atoms with Crippen LogP contribution in [0, 0.1) is 6.92 Å². The fourth-order valence-corrected chi connectivity index (χ4v) is 3.22. The molecular formula is C25H25N3O4. The average Bonchev–Trinajstić information content (AvgIpc) is 2.81. The van der Waals surface area contributed by atoms with Crippen LogP contribution >= 0.6 is 0 Å². The summed E-state index contributed by atoms with van der Waals surface area (Å²) in [4.78, 5) is 20.9. The first kappa shape index (κ1) is 21.4. The van der Waals surface area contributed by atoms with Crippen molar-refractivity contribution >= 4 is 5.65 Å². The predicted molar refractivity (Wildman–Crippen MR) is 122 cm³/mol. The molecule has 164 valence electrons. The van der Waals surface area contributed by atoms with E-state index in [-0.39, 0.29) is 5.56 Å². The van der Waals surface area contributed by atoms with Gasteiger partial charge < -0.3 is 14.2 Å². The first-order chi connectivity index (χ1) is 15.4. The number of aromatic nitrogens is 3. The maximum Gasteiger partial charge on any atom is 0.260 e. The first-order valence-corrected chi connectivity index (χ1v) is 10.4. The van der Waals surface area contributed by atoms with Crippen molar-refractivity contribution < 1.29 is 14.2 Å². The summed E-state index contributed by atoms with van der Waals surface area (Å²) < 4.78 is 18.6. The molecule has 0 aliphatic rings. The van der Waals surface area contributed by atoms with E-state index in [0.29, 0.717) is 46.9 Å². The van der Waals surface area contributed by atoms with E-state index in [9.17, 15) is 4.79 Å². The fourth-order valence-electron chi connectivity index (χ4n) is 3.22. The molecule has 7 nitrogen and oxygen atoms in total.